The van der Waals surface area contributed by atoms with Crippen LogP contribution in [0.4, 0.5) is 0 Å². The number of benzene rings is 1. The number of piperazine rings is 1. The third-order valence-electron chi connectivity index (χ3n) is 3.78. The van der Waals surface area contributed by atoms with Gasteiger partial charge in [0.2, 0.25) is 0 Å². The molecule has 0 aromatic heterocycles. The lowest BCUT2D eigenvalue weighted by Gasteiger charge is -2.36. The van der Waals surface area contributed by atoms with Crippen molar-refractivity contribution >= 4 is 28.3 Å². The number of hydrogen-bond donors (Lipinski definition) is 0. The second-order valence-corrected chi connectivity index (χ2v) is 7.05. The first-order chi connectivity index (χ1) is 10.2. The Morgan fingerprint density at radius 3 is 2.33 bits per heavy atom. The second-order valence-electron chi connectivity index (χ2n) is 5.28. The zero-order valence-corrected chi connectivity index (χ0v) is 13.8. The third-order valence-corrected chi connectivity index (χ3v) is 5.46. The molecule has 2 saturated heterocycles. The average Bonchev–Trinajstić information content (AvgIpc) is 2.98. The molecule has 2 fully saturated rings. The van der Waals surface area contributed by atoms with Crippen molar-refractivity contribution in [2.45, 2.75) is 5.12 Å². The molecule has 1 aromatic carbocycles. The van der Waals surface area contributed by atoms with Crippen LogP contribution in [0.25, 0.3) is 0 Å². The van der Waals surface area contributed by atoms with E-state index in [0.717, 1.165) is 36.1 Å². The zero-order valence-electron chi connectivity index (χ0n) is 12.2. The van der Waals surface area contributed by atoms with Crippen LogP contribution in [0.1, 0.15) is 5.56 Å². The van der Waals surface area contributed by atoms with Gasteiger partial charge in [-0.25, -0.2) is 0 Å². The van der Waals surface area contributed by atoms with Gasteiger partial charge in [-0.1, -0.05) is 42.5 Å². The molecule has 3 rings (SSSR count). The Bertz CT molecular complexity index is 484. The fraction of sp³-hybridized carbons (Fsp3) is 0.533. The van der Waals surface area contributed by atoms with E-state index in [2.05, 4.69) is 16.8 Å². The summed E-state index contributed by atoms with van der Waals surface area (Å²) in [7, 11) is 2.14. The Kier molecular flexibility index (Phi) is 4.81. The second kappa shape index (κ2) is 6.62. The Morgan fingerprint density at radius 2 is 1.71 bits per heavy atom. The summed E-state index contributed by atoms with van der Waals surface area (Å²) in [5.74, 6) is 0. The molecule has 0 aliphatic carbocycles. The van der Waals surface area contributed by atoms with Crippen LogP contribution >= 0.6 is 24.0 Å². The topological polar surface area (TPSA) is 24.9 Å². The van der Waals surface area contributed by atoms with Crippen LogP contribution in [0.2, 0.25) is 0 Å². The lowest BCUT2D eigenvalue weighted by Crippen LogP contribution is -2.46. The number of rotatable bonds is 2. The first-order valence-corrected chi connectivity index (χ1v) is 8.42. The molecule has 0 amide bonds. The number of likely N-dealkylation sites (N-methyl/N-ethyl adjacent to an activating group) is 1. The van der Waals surface area contributed by atoms with Gasteiger partial charge in [-0.3, -0.25) is 0 Å². The van der Waals surface area contributed by atoms with Crippen molar-refractivity contribution < 1.29 is 9.47 Å². The predicted octanol–water partition coefficient (Wildman–Crippen LogP) is 2.11. The summed E-state index contributed by atoms with van der Waals surface area (Å²) >= 11 is 7.14. The van der Waals surface area contributed by atoms with Crippen molar-refractivity contribution in [2.75, 3.05) is 46.4 Å². The predicted molar refractivity (Wildman–Crippen MR) is 89.3 cm³/mol. The lowest BCUT2D eigenvalue weighted by molar-refractivity contribution is -0.0806. The van der Waals surface area contributed by atoms with Crippen LogP contribution in [0, 0.1) is 0 Å². The van der Waals surface area contributed by atoms with E-state index in [-0.39, 0.29) is 0 Å². The van der Waals surface area contributed by atoms with E-state index in [1.54, 1.807) is 0 Å². The van der Waals surface area contributed by atoms with E-state index in [9.17, 15) is 0 Å². The van der Waals surface area contributed by atoms with Gasteiger partial charge in [0.05, 0.1) is 13.2 Å². The SMILES string of the molecule is CN1CCN(C(=S)SC2(c3ccccc3)OCCO2)CC1. The highest BCUT2D eigenvalue weighted by Gasteiger charge is 2.41. The fourth-order valence-corrected chi connectivity index (χ4v) is 4.08. The van der Waals surface area contributed by atoms with Crippen molar-refractivity contribution in [2.24, 2.45) is 0 Å². The zero-order chi connectivity index (χ0) is 14.7. The van der Waals surface area contributed by atoms with Crippen molar-refractivity contribution in [3.8, 4) is 0 Å². The Balaban J connectivity index is 1.72. The van der Waals surface area contributed by atoms with Crippen LogP contribution in [0.3, 0.4) is 0 Å². The number of thiocarbonyl (C=S) groups is 1. The highest BCUT2D eigenvalue weighted by molar-refractivity contribution is 8.23. The van der Waals surface area contributed by atoms with Crippen molar-refractivity contribution in [1.82, 2.24) is 9.80 Å². The van der Waals surface area contributed by atoms with E-state index in [1.807, 2.05) is 30.3 Å². The molecule has 114 valence electrons. The van der Waals surface area contributed by atoms with Crippen molar-refractivity contribution in [3.63, 3.8) is 0 Å². The summed E-state index contributed by atoms with van der Waals surface area (Å²) in [5, 5.41) is -0.776. The quantitative estimate of drug-likeness (QED) is 0.773. The number of hydrogen-bond acceptors (Lipinski definition) is 5. The van der Waals surface area contributed by atoms with Crippen molar-refractivity contribution in [1.29, 1.82) is 0 Å². The molecule has 4 nitrogen and oxygen atoms in total. The largest absolute Gasteiger partial charge is 0.355 e. The molecule has 6 heteroatoms. The van der Waals surface area contributed by atoms with E-state index >= 15 is 0 Å². The van der Waals surface area contributed by atoms with Gasteiger partial charge in [0.15, 0.2) is 0 Å². The van der Waals surface area contributed by atoms with Gasteiger partial charge < -0.3 is 19.3 Å². The minimum absolute atomic E-state index is 0.604. The molecule has 0 bridgehead atoms. The Hall–Kier alpha value is -0.660. The molecule has 0 spiro atoms. The number of nitrogens with zero attached hydrogens (tertiary/aromatic N) is 2. The number of thioether (sulfide) groups is 1. The first-order valence-electron chi connectivity index (χ1n) is 7.19. The molecule has 2 aliphatic heterocycles. The minimum Gasteiger partial charge on any atom is -0.355 e. The number of ether oxygens (including phenoxy) is 2. The van der Waals surface area contributed by atoms with Gasteiger partial charge in [-0.15, -0.1) is 0 Å². The maximum Gasteiger partial charge on any atom is 0.252 e. The summed E-state index contributed by atoms with van der Waals surface area (Å²) in [5.41, 5.74) is 1.02. The van der Waals surface area contributed by atoms with Gasteiger partial charge in [-0.2, -0.15) is 0 Å². The Labute approximate surface area is 135 Å². The normalized spacial score (nSPS) is 22.4. The van der Waals surface area contributed by atoms with E-state index < -0.39 is 5.12 Å². The van der Waals surface area contributed by atoms with Crippen LogP contribution in [0.5, 0.6) is 0 Å². The molecule has 0 saturated carbocycles. The highest BCUT2D eigenvalue weighted by Crippen LogP contribution is 2.43. The van der Waals surface area contributed by atoms with Crippen LogP contribution in [-0.2, 0) is 14.6 Å². The van der Waals surface area contributed by atoms with Gasteiger partial charge >= 0.3 is 0 Å². The molecule has 0 unspecified atom stereocenters. The smallest absolute Gasteiger partial charge is 0.252 e. The van der Waals surface area contributed by atoms with E-state index in [1.165, 1.54) is 11.8 Å². The standard InChI is InChI=1S/C15H20N2O2S2/c1-16-7-9-17(10-8-16)14(20)21-15(18-11-12-19-15)13-5-3-2-4-6-13/h2-6H,7-12H2,1H3. The molecule has 0 radical (unpaired) electrons. The summed E-state index contributed by atoms with van der Waals surface area (Å²) in [4.78, 5) is 4.56. The summed E-state index contributed by atoms with van der Waals surface area (Å²) < 4.78 is 12.7. The minimum atomic E-state index is -0.776. The van der Waals surface area contributed by atoms with E-state index in [0.29, 0.717) is 13.2 Å². The maximum absolute atomic E-state index is 5.93. The Morgan fingerprint density at radius 1 is 1.10 bits per heavy atom. The average molecular weight is 324 g/mol. The summed E-state index contributed by atoms with van der Waals surface area (Å²) in [6.45, 7) is 5.22. The highest BCUT2D eigenvalue weighted by atomic mass is 32.2. The van der Waals surface area contributed by atoms with Gasteiger partial charge in [-0.05, 0) is 18.8 Å². The monoisotopic (exact) mass is 324 g/mol. The van der Waals surface area contributed by atoms with Gasteiger partial charge in [0, 0.05) is 31.7 Å². The molecule has 2 aliphatic rings. The third kappa shape index (κ3) is 3.40. The van der Waals surface area contributed by atoms with Gasteiger partial charge in [0.1, 0.15) is 4.32 Å². The maximum atomic E-state index is 5.93. The van der Waals surface area contributed by atoms with Gasteiger partial charge in [0.25, 0.3) is 5.12 Å². The molecular weight excluding hydrogens is 304 g/mol. The molecule has 0 atom stereocenters. The van der Waals surface area contributed by atoms with Crippen molar-refractivity contribution in [3.05, 3.63) is 35.9 Å². The fourth-order valence-electron chi connectivity index (χ4n) is 2.49. The lowest BCUT2D eigenvalue weighted by atomic mass is 10.2. The molecule has 2 heterocycles. The van der Waals surface area contributed by atoms with E-state index in [4.69, 9.17) is 21.7 Å². The summed E-state index contributed by atoms with van der Waals surface area (Å²) in [6, 6.07) is 10.1. The van der Waals surface area contributed by atoms with Crippen LogP contribution in [0.15, 0.2) is 30.3 Å². The molecule has 0 N–H and O–H groups in total. The first kappa shape index (κ1) is 15.2. The molecule has 21 heavy (non-hydrogen) atoms. The molecule has 1 aromatic rings. The molecular formula is C15H20N2O2S2. The summed E-state index contributed by atoms with van der Waals surface area (Å²) in [6.07, 6.45) is 0. The van der Waals surface area contributed by atoms with Crippen LogP contribution in [-0.4, -0.2) is 60.6 Å². The van der Waals surface area contributed by atoms with Crippen LogP contribution < -0.4 is 0 Å².